The highest BCUT2D eigenvalue weighted by atomic mass is 32.1. The van der Waals surface area contributed by atoms with Crippen LogP contribution in [0.2, 0.25) is 0 Å². The fourth-order valence-electron chi connectivity index (χ4n) is 7.81. The summed E-state index contributed by atoms with van der Waals surface area (Å²) in [5.41, 5.74) is 1.67. The van der Waals surface area contributed by atoms with E-state index in [-0.39, 0.29) is 70.3 Å². The molecule has 4 heterocycles. The third-order valence-electron chi connectivity index (χ3n) is 10.3. The number of hydrogen-bond acceptors (Lipinski definition) is 10. The molecule has 1 saturated carbocycles. The quantitative estimate of drug-likeness (QED) is 0.212. The number of aliphatic hydroxyl groups excluding tert-OH is 1. The highest BCUT2D eigenvalue weighted by Gasteiger charge is 2.50. The maximum absolute atomic E-state index is 17.0. The highest BCUT2D eigenvalue weighted by molar-refractivity contribution is 7.23. The third kappa shape index (κ3) is 5.28. The Morgan fingerprint density at radius 3 is 2.71 bits per heavy atom. The van der Waals surface area contributed by atoms with Gasteiger partial charge >= 0.3 is 12.2 Å². The predicted octanol–water partition coefficient (Wildman–Crippen LogP) is 6.32. The molecule has 0 bridgehead atoms. The molecule has 0 spiro atoms. The van der Waals surface area contributed by atoms with Gasteiger partial charge in [-0.3, -0.25) is 4.90 Å². The van der Waals surface area contributed by atoms with Crippen molar-refractivity contribution in [2.24, 2.45) is 5.92 Å². The normalized spacial score (nSPS) is 25.3. The molecule has 2 saturated heterocycles. The van der Waals surface area contributed by atoms with E-state index < -0.39 is 69.8 Å². The summed E-state index contributed by atoms with van der Waals surface area (Å²) < 4.78 is 96.9. The first-order chi connectivity index (χ1) is 23.3. The van der Waals surface area contributed by atoms with Crippen molar-refractivity contribution in [1.82, 2.24) is 14.9 Å². The maximum Gasteiger partial charge on any atom is 0.417 e. The number of aromatic nitrogens is 2. The van der Waals surface area contributed by atoms with E-state index in [9.17, 15) is 37.6 Å². The van der Waals surface area contributed by atoms with Crippen molar-refractivity contribution in [3.05, 3.63) is 41.0 Å². The van der Waals surface area contributed by atoms with Crippen LogP contribution in [0.5, 0.6) is 6.01 Å². The molecule has 5 unspecified atom stereocenters. The summed E-state index contributed by atoms with van der Waals surface area (Å²) in [5, 5.41) is 28.7. The van der Waals surface area contributed by atoms with Crippen LogP contribution in [0, 0.1) is 40.2 Å². The first kappa shape index (κ1) is 33.1. The molecule has 3 aliphatic rings. The van der Waals surface area contributed by atoms with Crippen molar-refractivity contribution >= 4 is 43.1 Å². The van der Waals surface area contributed by atoms with E-state index in [1.54, 1.807) is 6.07 Å². The van der Waals surface area contributed by atoms with Crippen LogP contribution in [0.25, 0.3) is 32.1 Å². The molecular weight excluding hydrogens is 672 g/mol. The number of nitriles is 2. The number of ether oxygens (including phenoxy) is 1. The number of benzene rings is 2. The molecule has 4 aromatic rings. The molecule has 1 aliphatic carbocycles. The number of fused-ring (bicyclic) bond motifs is 3. The molecule has 0 radical (unpaired) electrons. The molecule has 0 amide bonds. The van der Waals surface area contributed by atoms with Crippen LogP contribution in [-0.4, -0.2) is 70.6 Å². The highest BCUT2D eigenvalue weighted by Crippen LogP contribution is 2.49. The van der Waals surface area contributed by atoms with Gasteiger partial charge in [-0.15, -0.1) is 11.3 Å². The zero-order valence-corrected chi connectivity index (χ0v) is 26.8. The Kier molecular flexibility index (Phi) is 8.04. The number of nitrogen functional groups attached to an aromatic ring is 1. The summed E-state index contributed by atoms with van der Waals surface area (Å²) in [4.78, 5) is 12.2. The average molecular weight is 702 g/mol. The minimum absolute atomic E-state index is 0.0385. The van der Waals surface area contributed by atoms with E-state index in [1.165, 1.54) is 11.9 Å². The molecule has 2 aliphatic heterocycles. The van der Waals surface area contributed by atoms with Crippen LogP contribution in [-0.2, 0) is 6.18 Å². The predicted molar refractivity (Wildman–Crippen MR) is 169 cm³/mol. The second kappa shape index (κ2) is 11.9. The number of alkyl halides is 4. The largest absolute Gasteiger partial charge is 0.461 e. The van der Waals surface area contributed by atoms with E-state index in [1.807, 2.05) is 11.0 Å². The van der Waals surface area contributed by atoms with Gasteiger partial charge in [-0.2, -0.15) is 33.7 Å². The summed E-state index contributed by atoms with van der Waals surface area (Å²) >= 11 is 0.663. The number of nitrogens with two attached hydrogens (primary N) is 1. The topological polar surface area (TPSA) is 135 Å². The number of rotatable bonds is 7. The van der Waals surface area contributed by atoms with Crippen molar-refractivity contribution in [3.8, 4) is 29.3 Å². The lowest BCUT2D eigenvalue weighted by molar-refractivity contribution is -0.137. The number of nitrogens with zero attached hydrogens (tertiary/aromatic N) is 6. The van der Waals surface area contributed by atoms with E-state index in [4.69, 9.17) is 10.5 Å². The van der Waals surface area contributed by atoms with Gasteiger partial charge < -0.3 is 20.5 Å². The number of aliphatic hydroxyl groups is 1. The molecule has 16 heteroatoms. The van der Waals surface area contributed by atoms with Crippen molar-refractivity contribution in [1.29, 1.82) is 10.5 Å². The smallest absolute Gasteiger partial charge is 0.417 e. The first-order valence-corrected chi connectivity index (χ1v) is 16.4. The Hall–Kier alpha value is -4.38. The second-order valence-electron chi connectivity index (χ2n) is 13.0. The average Bonchev–Trinajstić information content (AvgIpc) is 3.70. The van der Waals surface area contributed by atoms with Crippen LogP contribution >= 0.6 is 11.3 Å². The van der Waals surface area contributed by atoms with Gasteiger partial charge in [-0.1, -0.05) is 6.07 Å². The fourth-order valence-corrected chi connectivity index (χ4v) is 8.75. The summed E-state index contributed by atoms with van der Waals surface area (Å²) in [7, 11) is 1.52. The van der Waals surface area contributed by atoms with Crippen molar-refractivity contribution in [2.75, 3.05) is 37.4 Å². The van der Waals surface area contributed by atoms with Crippen LogP contribution in [0.3, 0.4) is 0 Å². The monoisotopic (exact) mass is 701 g/mol. The first-order valence-electron chi connectivity index (χ1n) is 15.6. The maximum atomic E-state index is 17.0. The Labute approximate surface area is 280 Å². The lowest BCUT2D eigenvalue weighted by atomic mass is 9.74. The molecule has 2 aromatic carbocycles. The van der Waals surface area contributed by atoms with Gasteiger partial charge in [0.2, 0.25) is 0 Å². The summed E-state index contributed by atoms with van der Waals surface area (Å²) in [6.07, 6.45) is -5.23. The van der Waals surface area contributed by atoms with Gasteiger partial charge in [0.1, 0.15) is 41.0 Å². The molecule has 49 heavy (non-hydrogen) atoms. The minimum atomic E-state index is -5.14. The van der Waals surface area contributed by atoms with Crippen LogP contribution in [0.15, 0.2) is 18.2 Å². The lowest BCUT2D eigenvalue weighted by Gasteiger charge is -2.46. The lowest BCUT2D eigenvalue weighted by Crippen LogP contribution is -2.54. The second-order valence-corrected chi connectivity index (χ2v) is 14.0. The van der Waals surface area contributed by atoms with E-state index in [2.05, 4.69) is 9.97 Å². The number of halogens is 6. The standard InChI is InChI=1S/C33H29F6N7O2S/c1-45(22-10-23(47)16(22)5-7-40)30-18-9-20(33(37,38)39)25(17-3-4-21(35)28-24(17)19(12-41)29(42)49-28)26(36)27(18)43-31(44-30)48-14-32-6-2-8-46(32)13-15(34)11-32/h3-4,9,15-16,22-23,47H,2,5-6,8,10-11,13-14,42H2,1H3. The fraction of sp³-hybridized carbons (Fsp3) is 0.455. The van der Waals surface area contributed by atoms with Gasteiger partial charge in [0.15, 0.2) is 5.82 Å². The Bertz CT molecular complexity index is 2080. The molecule has 3 fully saturated rings. The van der Waals surface area contributed by atoms with Crippen molar-refractivity contribution in [3.63, 3.8) is 0 Å². The van der Waals surface area contributed by atoms with E-state index in [0.717, 1.165) is 18.6 Å². The molecule has 7 rings (SSSR count). The molecule has 9 nitrogen and oxygen atoms in total. The van der Waals surface area contributed by atoms with Crippen molar-refractivity contribution in [2.45, 2.75) is 62.1 Å². The SMILES string of the molecule is CN(c1nc(OCC23CCCN2CC(F)C3)nc2c(F)c(-c3ccc(F)c4sc(N)c(C#N)c34)c(C(F)(F)F)cc12)C1CC(O)C1CC#N. The zero-order chi connectivity index (χ0) is 35.0. The summed E-state index contributed by atoms with van der Waals surface area (Å²) in [6, 6.07) is 5.47. The van der Waals surface area contributed by atoms with Gasteiger partial charge in [-0.25, -0.2) is 13.2 Å². The minimum Gasteiger partial charge on any atom is -0.461 e. The summed E-state index contributed by atoms with van der Waals surface area (Å²) in [6.45, 7) is 0.861. The Morgan fingerprint density at radius 1 is 1.24 bits per heavy atom. The molecule has 3 N–H and O–H groups in total. The Morgan fingerprint density at radius 2 is 2.02 bits per heavy atom. The van der Waals surface area contributed by atoms with E-state index >= 15 is 4.39 Å². The van der Waals surface area contributed by atoms with E-state index in [0.29, 0.717) is 30.4 Å². The van der Waals surface area contributed by atoms with Crippen molar-refractivity contribution < 1.29 is 36.2 Å². The number of hydrogen-bond donors (Lipinski definition) is 2. The molecule has 256 valence electrons. The third-order valence-corrected chi connectivity index (χ3v) is 11.3. The van der Waals surface area contributed by atoms with Gasteiger partial charge in [-0.05, 0) is 43.5 Å². The number of thiophene rings is 1. The van der Waals surface area contributed by atoms with Gasteiger partial charge in [0.05, 0.1) is 33.5 Å². The molecular formula is C33H29F6N7O2S. The van der Waals surface area contributed by atoms with Gasteiger partial charge in [0.25, 0.3) is 0 Å². The molecule has 5 atom stereocenters. The Balaban J connectivity index is 1.45. The number of anilines is 2. The summed E-state index contributed by atoms with van der Waals surface area (Å²) in [5.74, 6) is -2.94. The molecule has 2 aromatic heterocycles. The van der Waals surface area contributed by atoms with Crippen LogP contribution in [0.1, 0.15) is 43.2 Å². The van der Waals surface area contributed by atoms with Crippen LogP contribution in [0.4, 0.5) is 37.2 Å². The van der Waals surface area contributed by atoms with Crippen LogP contribution < -0.4 is 15.4 Å². The van der Waals surface area contributed by atoms with Gasteiger partial charge in [0, 0.05) is 54.7 Å². The zero-order valence-electron chi connectivity index (χ0n) is 26.0.